The zero-order valence-electron chi connectivity index (χ0n) is 7.72. The van der Waals surface area contributed by atoms with Crippen LogP contribution in [0, 0.1) is 0 Å². The van der Waals surface area contributed by atoms with E-state index in [1.807, 2.05) is 25.1 Å². The predicted octanol–water partition coefficient (Wildman–Crippen LogP) is 3.47. The molecule has 0 bridgehead atoms. The molecule has 1 rings (SSSR count). The summed E-state index contributed by atoms with van der Waals surface area (Å²) < 4.78 is 5.44. The zero-order chi connectivity index (χ0) is 9.68. The minimum absolute atomic E-state index is 0.479. The van der Waals surface area contributed by atoms with Gasteiger partial charge >= 0.3 is 0 Å². The van der Waals surface area contributed by atoms with Gasteiger partial charge in [0, 0.05) is 5.56 Å². The third kappa shape index (κ3) is 2.49. The van der Waals surface area contributed by atoms with Gasteiger partial charge in [0.2, 0.25) is 0 Å². The summed E-state index contributed by atoms with van der Waals surface area (Å²) in [5.41, 5.74) is 2.08. The van der Waals surface area contributed by atoms with Crippen LogP contribution in [0.15, 0.2) is 24.8 Å². The molecule has 2 heteroatoms. The first-order chi connectivity index (χ1) is 6.31. The van der Waals surface area contributed by atoms with E-state index in [0.29, 0.717) is 12.5 Å². The van der Waals surface area contributed by atoms with Gasteiger partial charge in [-0.3, -0.25) is 0 Å². The first kappa shape index (κ1) is 10.1. The first-order valence-electron chi connectivity index (χ1n) is 4.26. The molecule has 0 aliphatic rings. The lowest BCUT2D eigenvalue weighted by Gasteiger charge is -2.08. The Kier molecular flexibility index (Phi) is 3.84. The molecule has 0 spiro atoms. The number of hydrogen-bond acceptors (Lipinski definition) is 1. The second-order valence-corrected chi connectivity index (χ2v) is 2.91. The smallest absolute Gasteiger partial charge is 0.124 e. The van der Waals surface area contributed by atoms with Crippen LogP contribution in [-0.4, -0.2) is 6.61 Å². The fourth-order valence-electron chi connectivity index (χ4n) is 1.10. The minimum atomic E-state index is 0.479. The van der Waals surface area contributed by atoms with Crippen molar-refractivity contribution in [2.75, 3.05) is 6.61 Å². The number of rotatable bonds is 4. The SMILES string of the molecule is C=Cc1ccc(CCl)c(OCC)c1. The fourth-order valence-corrected chi connectivity index (χ4v) is 1.32. The average molecular weight is 197 g/mol. The largest absolute Gasteiger partial charge is 0.494 e. The lowest BCUT2D eigenvalue weighted by atomic mass is 10.1. The molecule has 13 heavy (non-hydrogen) atoms. The molecule has 1 aromatic carbocycles. The van der Waals surface area contributed by atoms with Crippen LogP contribution in [0.2, 0.25) is 0 Å². The topological polar surface area (TPSA) is 9.23 Å². The standard InChI is InChI=1S/C11H13ClO/c1-3-9-5-6-10(8-12)11(7-9)13-4-2/h3,5-7H,1,4,8H2,2H3. The highest BCUT2D eigenvalue weighted by Crippen LogP contribution is 2.22. The van der Waals surface area contributed by atoms with Crippen LogP contribution in [0.5, 0.6) is 5.75 Å². The van der Waals surface area contributed by atoms with Gasteiger partial charge in [0.15, 0.2) is 0 Å². The summed E-state index contributed by atoms with van der Waals surface area (Å²) in [7, 11) is 0. The highest BCUT2D eigenvalue weighted by Gasteiger charge is 2.01. The molecule has 0 fully saturated rings. The van der Waals surface area contributed by atoms with Crippen LogP contribution >= 0.6 is 11.6 Å². The van der Waals surface area contributed by atoms with Crippen molar-refractivity contribution in [2.45, 2.75) is 12.8 Å². The van der Waals surface area contributed by atoms with Gasteiger partial charge in [-0.2, -0.15) is 0 Å². The Labute approximate surface area is 84.0 Å². The number of ether oxygens (including phenoxy) is 1. The summed E-state index contributed by atoms with van der Waals surface area (Å²) in [6.07, 6.45) is 1.79. The summed E-state index contributed by atoms with van der Waals surface area (Å²) in [5.74, 6) is 1.34. The second kappa shape index (κ2) is 4.93. The Balaban J connectivity index is 3.02. The maximum absolute atomic E-state index is 5.76. The normalized spacial score (nSPS) is 9.69. The molecule has 0 radical (unpaired) electrons. The monoisotopic (exact) mass is 196 g/mol. The molecular formula is C11H13ClO. The predicted molar refractivity (Wildman–Crippen MR) is 57.3 cm³/mol. The average Bonchev–Trinajstić information content (AvgIpc) is 2.18. The molecule has 1 aromatic rings. The molecule has 0 unspecified atom stereocenters. The Bertz CT molecular complexity index is 294. The molecule has 0 aromatic heterocycles. The fraction of sp³-hybridized carbons (Fsp3) is 0.273. The van der Waals surface area contributed by atoms with E-state index in [9.17, 15) is 0 Å². The molecule has 0 N–H and O–H groups in total. The molecular weight excluding hydrogens is 184 g/mol. The van der Waals surface area contributed by atoms with Crippen molar-refractivity contribution in [3.63, 3.8) is 0 Å². The van der Waals surface area contributed by atoms with Crippen molar-refractivity contribution in [1.29, 1.82) is 0 Å². The molecule has 0 aliphatic heterocycles. The van der Waals surface area contributed by atoms with Crippen LogP contribution in [-0.2, 0) is 5.88 Å². The van der Waals surface area contributed by atoms with Gasteiger partial charge < -0.3 is 4.74 Å². The lowest BCUT2D eigenvalue weighted by molar-refractivity contribution is 0.337. The van der Waals surface area contributed by atoms with Crippen LogP contribution in [0.3, 0.4) is 0 Å². The highest BCUT2D eigenvalue weighted by atomic mass is 35.5. The lowest BCUT2D eigenvalue weighted by Crippen LogP contribution is -1.95. The maximum atomic E-state index is 5.76. The molecule has 70 valence electrons. The van der Waals surface area contributed by atoms with Crippen molar-refractivity contribution < 1.29 is 4.74 Å². The van der Waals surface area contributed by atoms with E-state index in [0.717, 1.165) is 16.9 Å². The number of alkyl halides is 1. The summed E-state index contributed by atoms with van der Waals surface area (Å²) in [5, 5.41) is 0. The Morgan fingerprint density at radius 2 is 2.31 bits per heavy atom. The van der Waals surface area contributed by atoms with Gasteiger partial charge in [-0.1, -0.05) is 24.8 Å². The second-order valence-electron chi connectivity index (χ2n) is 2.64. The van der Waals surface area contributed by atoms with Gasteiger partial charge in [0.1, 0.15) is 5.75 Å². The van der Waals surface area contributed by atoms with Gasteiger partial charge in [-0.15, -0.1) is 11.6 Å². The third-order valence-corrected chi connectivity index (χ3v) is 2.06. The van der Waals surface area contributed by atoms with Crippen LogP contribution in [0.25, 0.3) is 6.08 Å². The molecule has 0 saturated carbocycles. The van der Waals surface area contributed by atoms with Gasteiger partial charge in [-0.25, -0.2) is 0 Å². The number of benzene rings is 1. The van der Waals surface area contributed by atoms with Gasteiger partial charge in [0.25, 0.3) is 0 Å². The summed E-state index contributed by atoms with van der Waals surface area (Å²) >= 11 is 5.76. The molecule has 0 amide bonds. The Morgan fingerprint density at radius 3 is 2.85 bits per heavy atom. The van der Waals surface area contributed by atoms with Gasteiger partial charge in [0.05, 0.1) is 12.5 Å². The van der Waals surface area contributed by atoms with E-state index in [-0.39, 0.29) is 0 Å². The number of hydrogen-bond donors (Lipinski definition) is 0. The van der Waals surface area contributed by atoms with Crippen molar-refractivity contribution in [3.8, 4) is 5.75 Å². The van der Waals surface area contributed by atoms with Crippen LogP contribution in [0.4, 0.5) is 0 Å². The van der Waals surface area contributed by atoms with Gasteiger partial charge in [-0.05, 0) is 18.6 Å². The van der Waals surface area contributed by atoms with Crippen molar-refractivity contribution >= 4 is 17.7 Å². The van der Waals surface area contributed by atoms with E-state index in [1.165, 1.54) is 0 Å². The number of halogens is 1. The maximum Gasteiger partial charge on any atom is 0.124 e. The Morgan fingerprint density at radius 1 is 1.54 bits per heavy atom. The van der Waals surface area contributed by atoms with Crippen molar-refractivity contribution in [1.82, 2.24) is 0 Å². The Hall–Kier alpha value is -0.950. The first-order valence-corrected chi connectivity index (χ1v) is 4.79. The molecule has 1 nitrogen and oxygen atoms in total. The third-order valence-electron chi connectivity index (χ3n) is 1.77. The molecule has 0 saturated heterocycles. The summed E-state index contributed by atoms with van der Waals surface area (Å²) in [4.78, 5) is 0. The van der Waals surface area contributed by atoms with Crippen molar-refractivity contribution in [3.05, 3.63) is 35.9 Å². The van der Waals surface area contributed by atoms with Crippen molar-refractivity contribution in [2.24, 2.45) is 0 Å². The minimum Gasteiger partial charge on any atom is -0.494 e. The highest BCUT2D eigenvalue weighted by molar-refractivity contribution is 6.17. The summed E-state index contributed by atoms with van der Waals surface area (Å²) in [6, 6.07) is 5.90. The zero-order valence-corrected chi connectivity index (χ0v) is 8.47. The van der Waals surface area contributed by atoms with E-state index in [4.69, 9.17) is 16.3 Å². The quantitative estimate of drug-likeness (QED) is 0.671. The molecule has 0 aliphatic carbocycles. The van der Waals surface area contributed by atoms with Crippen LogP contribution in [0.1, 0.15) is 18.1 Å². The summed E-state index contributed by atoms with van der Waals surface area (Å²) in [6.45, 7) is 6.31. The van der Waals surface area contributed by atoms with E-state index in [1.54, 1.807) is 6.08 Å². The van der Waals surface area contributed by atoms with E-state index >= 15 is 0 Å². The van der Waals surface area contributed by atoms with Crippen LogP contribution < -0.4 is 4.74 Å². The van der Waals surface area contributed by atoms with E-state index < -0.39 is 0 Å². The molecule has 0 atom stereocenters. The molecule has 0 heterocycles. The van der Waals surface area contributed by atoms with E-state index in [2.05, 4.69) is 6.58 Å².